The number of halogens is 2. The number of nitrogens with zero attached hydrogens (tertiary/aromatic N) is 2. The molecule has 0 fully saturated rings. The lowest BCUT2D eigenvalue weighted by molar-refractivity contribution is 0.489. The number of nitrogen functional groups attached to an aromatic ring is 1. The molecule has 0 aliphatic heterocycles. The fourth-order valence-corrected chi connectivity index (χ4v) is 3.11. The summed E-state index contributed by atoms with van der Waals surface area (Å²) >= 11 is 10.6. The number of benzene rings is 1. The smallest absolute Gasteiger partial charge is 0.263 e. The van der Waals surface area contributed by atoms with Crippen LogP contribution in [0.1, 0.15) is 0 Å². The number of rotatable bonds is 2. The van der Waals surface area contributed by atoms with Crippen LogP contribution in [0.15, 0.2) is 49.6 Å². The number of fused-ring (bicyclic) bond motifs is 1. The highest BCUT2D eigenvalue weighted by Gasteiger charge is 2.11. The largest absolute Gasteiger partial charge is 0.431 e. The van der Waals surface area contributed by atoms with Gasteiger partial charge in [-0.3, -0.25) is 0 Å². The second-order valence-electron chi connectivity index (χ2n) is 3.75. The molecule has 0 bridgehead atoms. The van der Waals surface area contributed by atoms with Crippen LogP contribution < -0.4 is 5.73 Å². The van der Waals surface area contributed by atoms with Gasteiger partial charge in [0.25, 0.3) is 5.22 Å². The van der Waals surface area contributed by atoms with Crippen LogP contribution in [-0.4, -0.2) is 9.97 Å². The third kappa shape index (κ3) is 2.70. The number of pyridine rings is 1. The molecule has 0 saturated heterocycles. The zero-order valence-electron chi connectivity index (χ0n) is 9.43. The van der Waals surface area contributed by atoms with E-state index in [-0.39, 0.29) is 0 Å². The lowest BCUT2D eigenvalue weighted by Gasteiger charge is -1.99. The second-order valence-corrected chi connectivity index (χ2v) is 5.98. The molecule has 0 radical (unpaired) electrons. The van der Waals surface area contributed by atoms with Crippen molar-refractivity contribution in [3.63, 3.8) is 0 Å². The van der Waals surface area contributed by atoms with Crippen molar-refractivity contribution in [2.45, 2.75) is 10.2 Å². The molecular weight excluding hydrogens is 350 g/mol. The van der Waals surface area contributed by atoms with Gasteiger partial charge in [-0.2, -0.15) is 0 Å². The van der Waals surface area contributed by atoms with E-state index < -0.39 is 0 Å². The monoisotopic (exact) mass is 355 g/mol. The van der Waals surface area contributed by atoms with E-state index in [1.54, 1.807) is 30.5 Å². The average Bonchev–Trinajstić information content (AvgIpc) is 2.74. The number of anilines is 1. The van der Waals surface area contributed by atoms with Gasteiger partial charge in [-0.05, 0) is 52.0 Å². The van der Waals surface area contributed by atoms with Crippen LogP contribution in [0.25, 0.3) is 11.1 Å². The molecule has 19 heavy (non-hydrogen) atoms. The number of aromatic nitrogens is 2. The molecule has 0 unspecified atom stereocenters. The Labute approximate surface area is 126 Å². The predicted octanol–water partition coefficient (Wildman–Crippen LogP) is 4.37. The Kier molecular flexibility index (Phi) is 3.38. The minimum atomic E-state index is 0.510. The van der Waals surface area contributed by atoms with Crippen molar-refractivity contribution in [2.75, 3.05) is 5.73 Å². The van der Waals surface area contributed by atoms with Gasteiger partial charge in [0.05, 0.1) is 9.50 Å². The Balaban J connectivity index is 1.96. The predicted molar refractivity (Wildman–Crippen MR) is 79.5 cm³/mol. The van der Waals surface area contributed by atoms with Crippen LogP contribution >= 0.6 is 39.3 Å². The van der Waals surface area contributed by atoms with Crippen LogP contribution in [0.2, 0.25) is 5.02 Å². The molecule has 2 heterocycles. The van der Waals surface area contributed by atoms with Gasteiger partial charge in [0.2, 0.25) is 0 Å². The number of hydrogen-bond donors (Lipinski definition) is 1. The van der Waals surface area contributed by atoms with Crippen LogP contribution in [0.3, 0.4) is 0 Å². The highest BCUT2D eigenvalue weighted by Crippen LogP contribution is 2.34. The molecule has 96 valence electrons. The van der Waals surface area contributed by atoms with Crippen LogP contribution in [0, 0.1) is 0 Å². The van der Waals surface area contributed by atoms with E-state index in [9.17, 15) is 0 Å². The number of oxazole rings is 1. The van der Waals surface area contributed by atoms with E-state index in [0.29, 0.717) is 21.5 Å². The quantitative estimate of drug-likeness (QED) is 0.691. The van der Waals surface area contributed by atoms with Crippen LogP contribution in [-0.2, 0) is 0 Å². The van der Waals surface area contributed by atoms with Crippen molar-refractivity contribution in [1.82, 2.24) is 9.97 Å². The minimum Gasteiger partial charge on any atom is -0.431 e. The van der Waals surface area contributed by atoms with Gasteiger partial charge in [-0.15, -0.1) is 0 Å². The minimum absolute atomic E-state index is 0.510. The van der Waals surface area contributed by atoms with Gasteiger partial charge in [0.15, 0.2) is 5.58 Å². The molecule has 0 spiro atoms. The van der Waals surface area contributed by atoms with Crippen LogP contribution in [0.4, 0.5) is 5.69 Å². The summed E-state index contributed by atoms with van der Waals surface area (Å²) < 4.78 is 6.41. The van der Waals surface area contributed by atoms with Gasteiger partial charge < -0.3 is 10.2 Å². The van der Waals surface area contributed by atoms with Crippen molar-refractivity contribution >= 4 is 56.1 Å². The van der Waals surface area contributed by atoms with Crippen molar-refractivity contribution in [3.05, 3.63) is 40.0 Å². The molecular formula is C12H7BrClN3OS. The Bertz CT molecular complexity index is 762. The second kappa shape index (κ2) is 5.03. The van der Waals surface area contributed by atoms with Crippen LogP contribution in [0.5, 0.6) is 0 Å². The van der Waals surface area contributed by atoms with Gasteiger partial charge in [-0.25, -0.2) is 9.97 Å². The van der Waals surface area contributed by atoms with Crippen molar-refractivity contribution in [1.29, 1.82) is 0 Å². The lowest BCUT2D eigenvalue weighted by atomic mass is 10.3. The molecule has 3 rings (SSSR count). The van der Waals surface area contributed by atoms with E-state index in [2.05, 4.69) is 25.9 Å². The van der Waals surface area contributed by atoms with Crippen molar-refractivity contribution in [3.8, 4) is 0 Å². The third-order valence-corrected chi connectivity index (χ3v) is 4.29. The highest BCUT2D eigenvalue weighted by atomic mass is 79.9. The summed E-state index contributed by atoms with van der Waals surface area (Å²) in [4.78, 5) is 8.58. The molecule has 2 N–H and O–H groups in total. The normalized spacial score (nSPS) is 11.1. The van der Waals surface area contributed by atoms with Crippen molar-refractivity contribution in [2.24, 2.45) is 0 Å². The molecule has 3 aromatic rings. The summed E-state index contributed by atoms with van der Waals surface area (Å²) in [5, 5.41) is 1.82. The van der Waals surface area contributed by atoms with E-state index in [4.69, 9.17) is 21.8 Å². The summed E-state index contributed by atoms with van der Waals surface area (Å²) in [6, 6.07) is 7.12. The SMILES string of the molecule is Nc1ccc2oc(Sc3ncc(Cl)cc3Br)nc2c1. The molecule has 0 atom stereocenters. The lowest BCUT2D eigenvalue weighted by Crippen LogP contribution is -1.83. The Morgan fingerprint density at radius 2 is 2.16 bits per heavy atom. The Hall–Kier alpha value is -1.24. The maximum Gasteiger partial charge on any atom is 0.263 e. The van der Waals surface area contributed by atoms with E-state index in [1.807, 2.05) is 0 Å². The molecule has 4 nitrogen and oxygen atoms in total. The molecule has 0 amide bonds. The summed E-state index contributed by atoms with van der Waals surface area (Å²) in [6.07, 6.45) is 1.58. The van der Waals surface area contributed by atoms with Gasteiger partial charge in [-0.1, -0.05) is 11.6 Å². The third-order valence-electron chi connectivity index (χ3n) is 2.35. The number of hydrogen-bond acceptors (Lipinski definition) is 5. The number of nitrogens with two attached hydrogens (primary N) is 1. The summed E-state index contributed by atoms with van der Waals surface area (Å²) in [7, 11) is 0. The van der Waals surface area contributed by atoms with Crippen molar-refractivity contribution < 1.29 is 4.42 Å². The molecule has 0 aliphatic rings. The summed E-state index contributed by atoms with van der Waals surface area (Å²) in [5.74, 6) is 0. The highest BCUT2D eigenvalue weighted by molar-refractivity contribution is 9.10. The summed E-state index contributed by atoms with van der Waals surface area (Å²) in [5.41, 5.74) is 7.78. The fourth-order valence-electron chi connectivity index (χ4n) is 1.53. The topological polar surface area (TPSA) is 64.9 Å². The first-order valence-corrected chi connectivity index (χ1v) is 7.25. The average molecular weight is 357 g/mol. The first kappa shape index (κ1) is 12.8. The summed E-state index contributed by atoms with van der Waals surface area (Å²) in [6.45, 7) is 0. The fraction of sp³-hybridized carbons (Fsp3) is 0. The maximum atomic E-state index is 5.85. The van der Waals surface area contributed by atoms with Gasteiger partial charge in [0, 0.05) is 11.9 Å². The van der Waals surface area contributed by atoms with Gasteiger partial charge in [0.1, 0.15) is 10.5 Å². The standard InChI is InChI=1S/C12H7BrClN3OS/c13-8-3-6(14)5-16-11(8)19-12-17-9-4-7(15)1-2-10(9)18-12/h1-5H,15H2. The maximum absolute atomic E-state index is 5.85. The van der Waals surface area contributed by atoms with Gasteiger partial charge >= 0.3 is 0 Å². The molecule has 1 aromatic carbocycles. The molecule has 2 aromatic heterocycles. The Morgan fingerprint density at radius 3 is 2.95 bits per heavy atom. The molecule has 0 aliphatic carbocycles. The van der Waals surface area contributed by atoms with E-state index in [1.165, 1.54) is 11.8 Å². The zero-order chi connectivity index (χ0) is 13.4. The molecule has 0 saturated carbocycles. The molecule has 7 heteroatoms. The first-order chi connectivity index (χ1) is 9.11. The Morgan fingerprint density at radius 1 is 1.32 bits per heavy atom. The zero-order valence-corrected chi connectivity index (χ0v) is 12.6. The van der Waals surface area contributed by atoms with E-state index in [0.717, 1.165) is 15.0 Å². The first-order valence-electron chi connectivity index (χ1n) is 5.27. The van der Waals surface area contributed by atoms with E-state index >= 15 is 0 Å².